The molecule has 2 saturated heterocycles. The molecule has 0 bridgehead atoms. The summed E-state index contributed by atoms with van der Waals surface area (Å²) in [5.41, 5.74) is 32.2. The lowest BCUT2D eigenvalue weighted by molar-refractivity contribution is 0.0390. The average molecular weight is 555 g/mol. The molecule has 0 saturated carbocycles. The molecule has 0 aromatic heterocycles. The van der Waals surface area contributed by atoms with Crippen LogP contribution in [-0.2, 0) is 0 Å². The topological polar surface area (TPSA) is 176 Å². The van der Waals surface area contributed by atoms with Crippen LogP contribution in [0.3, 0.4) is 0 Å². The van der Waals surface area contributed by atoms with E-state index >= 15 is 0 Å². The van der Waals surface area contributed by atoms with E-state index in [1.165, 1.54) is 0 Å². The zero-order valence-corrected chi connectivity index (χ0v) is 26.1. The van der Waals surface area contributed by atoms with Crippen molar-refractivity contribution in [3.8, 4) is 0 Å². The highest BCUT2D eigenvalue weighted by atomic mass is 15.4. The van der Waals surface area contributed by atoms with Crippen molar-refractivity contribution in [1.82, 2.24) is 32.1 Å². The van der Waals surface area contributed by atoms with Crippen LogP contribution in [0.1, 0.15) is 118 Å². The fourth-order valence-electron chi connectivity index (χ4n) is 6.09. The molecular weight excluding hydrogens is 488 g/mol. The number of hydrogen-bond donors (Lipinski definition) is 10. The van der Waals surface area contributed by atoms with E-state index in [1.807, 2.05) is 0 Å². The maximum absolute atomic E-state index is 6.79. The Kier molecular flexibility index (Phi) is 14.5. The van der Waals surface area contributed by atoms with E-state index in [1.54, 1.807) is 0 Å². The molecule has 0 aromatic carbocycles. The molecule has 0 aromatic rings. The van der Waals surface area contributed by atoms with Gasteiger partial charge in [-0.15, -0.1) is 0 Å². The van der Waals surface area contributed by atoms with Gasteiger partial charge in [-0.3, -0.25) is 26.8 Å². The summed E-state index contributed by atoms with van der Waals surface area (Å²) in [5.74, 6) is -0.576. The zero-order chi connectivity index (χ0) is 29.0. The molecule has 0 radical (unpaired) electrons. The van der Waals surface area contributed by atoms with E-state index in [2.05, 4.69) is 66.7 Å². The second kappa shape index (κ2) is 16.3. The lowest BCUT2D eigenvalue weighted by Gasteiger charge is -2.53. The van der Waals surface area contributed by atoms with Gasteiger partial charge in [0.25, 0.3) is 0 Å². The van der Waals surface area contributed by atoms with Crippen molar-refractivity contribution in [1.29, 1.82) is 0 Å². The van der Waals surface area contributed by atoms with Crippen LogP contribution < -0.4 is 55.1 Å². The molecule has 6 unspecified atom stereocenters. The predicted octanol–water partition coefficient (Wildman–Crippen LogP) is 1.41. The second-order valence-electron chi connectivity index (χ2n) is 13.9. The molecule has 0 amide bonds. The van der Waals surface area contributed by atoms with Crippen molar-refractivity contribution in [2.75, 3.05) is 26.2 Å². The van der Waals surface area contributed by atoms with Crippen LogP contribution in [0, 0.1) is 0 Å². The molecule has 1 spiro atoms. The third-order valence-electron chi connectivity index (χ3n) is 8.79. The minimum Gasteiger partial charge on any atom is -0.329 e. The zero-order valence-electron chi connectivity index (χ0n) is 26.1. The van der Waals surface area contributed by atoms with Crippen molar-refractivity contribution in [3.63, 3.8) is 0 Å². The first-order valence-corrected chi connectivity index (χ1v) is 15.9. The summed E-state index contributed by atoms with van der Waals surface area (Å²) in [7, 11) is 0. The first-order valence-electron chi connectivity index (χ1n) is 15.9. The molecule has 2 fully saturated rings. The SMILES string of the molecule is CC1CCCNC2(NCCCCCNN1)NC(N)CCCC(CN)NC2(C)CCCC(C)(N)CCC(C)(C)N. The third-order valence-corrected chi connectivity index (χ3v) is 8.79. The predicted molar refractivity (Wildman–Crippen MR) is 166 cm³/mol. The first kappa shape index (κ1) is 34.8. The standard InChI is InChI=1S/C29H66N10/c1-23-12-10-20-35-29(34-19-7-6-8-21-36-39-23)28(5,37-24(22-30)13-9-14-25(31)38-29)16-11-15-27(4,33)18-17-26(2,3)32/h23-25,34-39H,6-22,30-33H2,1-5H3. The quantitative estimate of drug-likeness (QED) is 0.211. The van der Waals surface area contributed by atoms with Crippen molar-refractivity contribution in [2.45, 2.75) is 159 Å². The molecule has 0 aliphatic carbocycles. The summed E-state index contributed by atoms with van der Waals surface area (Å²) in [5, 5.41) is 15.8. The van der Waals surface area contributed by atoms with E-state index in [0.717, 1.165) is 103 Å². The van der Waals surface area contributed by atoms with E-state index in [9.17, 15) is 0 Å². The van der Waals surface area contributed by atoms with Crippen LogP contribution in [0.2, 0.25) is 0 Å². The molecule has 232 valence electrons. The van der Waals surface area contributed by atoms with Gasteiger partial charge in [-0.1, -0.05) is 6.42 Å². The molecule has 2 aliphatic rings. The first-order chi connectivity index (χ1) is 18.3. The molecule has 10 nitrogen and oxygen atoms in total. The molecule has 2 rings (SSSR count). The third kappa shape index (κ3) is 12.6. The Hall–Kier alpha value is -0.400. The summed E-state index contributed by atoms with van der Waals surface area (Å²) in [6.07, 6.45) is 13.1. The smallest absolute Gasteiger partial charge is 0.143 e. The van der Waals surface area contributed by atoms with E-state index in [0.29, 0.717) is 12.6 Å². The fraction of sp³-hybridized carbons (Fsp3) is 1.00. The van der Waals surface area contributed by atoms with E-state index < -0.39 is 5.79 Å². The lowest BCUT2D eigenvalue weighted by atomic mass is 9.80. The lowest BCUT2D eigenvalue weighted by Crippen LogP contribution is -2.83. The molecule has 2 heterocycles. The molecular formula is C29H66N10. The summed E-state index contributed by atoms with van der Waals surface area (Å²) in [6, 6.07) is 0.648. The van der Waals surface area contributed by atoms with Crippen LogP contribution in [0.25, 0.3) is 0 Å². The van der Waals surface area contributed by atoms with Crippen LogP contribution >= 0.6 is 0 Å². The van der Waals surface area contributed by atoms with Gasteiger partial charge in [-0.05, 0) is 125 Å². The second-order valence-corrected chi connectivity index (χ2v) is 13.9. The number of nitrogens with one attached hydrogen (secondary N) is 6. The Morgan fingerprint density at radius 2 is 1.51 bits per heavy atom. The van der Waals surface area contributed by atoms with Gasteiger partial charge in [0.15, 0.2) is 0 Å². The minimum absolute atomic E-state index is 0.113. The van der Waals surface area contributed by atoms with Crippen molar-refractivity contribution >= 4 is 0 Å². The van der Waals surface area contributed by atoms with Crippen molar-refractivity contribution in [2.24, 2.45) is 22.9 Å². The van der Waals surface area contributed by atoms with Crippen LogP contribution in [0.15, 0.2) is 0 Å². The Labute approximate surface area is 240 Å². The van der Waals surface area contributed by atoms with Crippen molar-refractivity contribution in [3.05, 3.63) is 0 Å². The molecule has 39 heavy (non-hydrogen) atoms. The highest BCUT2D eigenvalue weighted by Crippen LogP contribution is 2.30. The van der Waals surface area contributed by atoms with Crippen LogP contribution in [-0.4, -0.2) is 66.8 Å². The van der Waals surface area contributed by atoms with E-state index in [4.69, 9.17) is 22.9 Å². The summed E-state index contributed by atoms with van der Waals surface area (Å²) in [6.45, 7) is 14.3. The number of rotatable bonds is 8. The number of hydrazine groups is 1. The number of nitrogens with two attached hydrogens (primary N) is 4. The Morgan fingerprint density at radius 1 is 0.821 bits per heavy atom. The van der Waals surface area contributed by atoms with Gasteiger partial charge < -0.3 is 28.3 Å². The monoisotopic (exact) mass is 555 g/mol. The van der Waals surface area contributed by atoms with Gasteiger partial charge in [0.1, 0.15) is 5.79 Å². The summed E-state index contributed by atoms with van der Waals surface area (Å²) < 4.78 is 0. The summed E-state index contributed by atoms with van der Waals surface area (Å²) >= 11 is 0. The summed E-state index contributed by atoms with van der Waals surface area (Å²) in [4.78, 5) is 0. The largest absolute Gasteiger partial charge is 0.329 e. The van der Waals surface area contributed by atoms with Gasteiger partial charge in [-0.2, -0.15) is 0 Å². The highest BCUT2D eigenvalue weighted by Gasteiger charge is 2.49. The van der Waals surface area contributed by atoms with Crippen LogP contribution in [0.5, 0.6) is 0 Å². The van der Waals surface area contributed by atoms with Gasteiger partial charge in [0.05, 0.1) is 11.7 Å². The van der Waals surface area contributed by atoms with Crippen LogP contribution in [0.4, 0.5) is 0 Å². The molecule has 10 heteroatoms. The molecule has 6 atom stereocenters. The van der Waals surface area contributed by atoms with Gasteiger partial charge in [-0.25, -0.2) is 0 Å². The Morgan fingerprint density at radius 3 is 2.21 bits per heavy atom. The van der Waals surface area contributed by atoms with Gasteiger partial charge >= 0.3 is 0 Å². The van der Waals surface area contributed by atoms with Gasteiger partial charge in [0.2, 0.25) is 0 Å². The normalized spacial score (nSPS) is 34.8. The Balaban J connectivity index is 2.31. The molecule has 2 aliphatic heterocycles. The Bertz CT molecular complexity index is 669. The highest BCUT2D eigenvalue weighted by molar-refractivity contribution is 5.08. The fourth-order valence-corrected chi connectivity index (χ4v) is 6.09. The van der Waals surface area contributed by atoms with Gasteiger partial charge in [0, 0.05) is 36.3 Å². The molecule has 14 N–H and O–H groups in total. The number of hydrogen-bond acceptors (Lipinski definition) is 10. The maximum atomic E-state index is 6.79. The minimum atomic E-state index is -0.576. The van der Waals surface area contributed by atoms with E-state index in [-0.39, 0.29) is 28.8 Å². The van der Waals surface area contributed by atoms with Crippen molar-refractivity contribution < 1.29 is 0 Å². The average Bonchev–Trinajstić information content (AvgIpc) is 2.89. The maximum Gasteiger partial charge on any atom is 0.143 e.